The molecule has 0 aliphatic heterocycles. The van der Waals surface area contributed by atoms with E-state index in [2.05, 4.69) is 12.2 Å². The van der Waals surface area contributed by atoms with E-state index in [0.717, 1.165) is 19.4 Å². The van der Waals surface area contributed by atoms with Crippen molar-refractivity contribution in [3.63, 3.8) is 0 Å². The molecule has 0 spiro atoms. The van der Waals surface area contributed by atoms with Crippen molar-refractivity contribution in [1.29, 1.82) is 0 Å². The lowest BCUT2D eigenvalue weighted by molar-refractivity contribution is 0.000155. The molecule has 0 aliphatic carbocycles. The van der Waals surface area contributed by atoms with Crippen LogP contribution in [0.3, 0.4) is 0 Å². The molecule has 0 rings (SSSR count). The second-order valence-corrected chi connectivity index (χ2v) is 2.89. The molecule has 0 aromatic rings. The number of methoxy groups -OCH3 is 1. The van der Waals surface area contributed by atoms with Crippen LogP contribution in [0.1, 0.15) is 19.8 Å². The molecule has 0 bridgehead atoms. The quantitative estimate of drug-likeness (QED) is 0.408. The number of unbranched alkanes of at least 4 members (excludes halogenated alkanes) is 1. The Morgan fingerprint density at radius 2 is 2.15 bits per heavy atom. The van der Waals surface area contributed by atoms with Gasteiger partial charge in [0, 0.05) is 7.11 Å². The molecule has 13 heavy (non-hydrogen) atoms. The fraction of sp³-hybridized carbons (Fsp3) is 1.00. The van der Waals surface area contributed by atoms with Crippen LogP contribution < -0.4 is 5.32 Å². The van der Waals surface area contributed by atoms with Crippen molar-refractivity contribution in [3.8, 4) is 0 Å². The van der Waals surface area contributed by atoms with E-state index in [-0.39, 0.29) is 0 Å². The smallest absolute Gasteiger partial charge is 0.128 e. The van der Waals surface area contributed by atoms with Crippen LogP contribution >= 0.6 is 0 Å². The Balaban J connectivity index is 3.05. The molecule has 0 saturated heterocycles. The van der Waals surface area contributed by atoms with Gasteiger partial charge in [0.1, 0.15) is 6.23 Å². The molecule has 0 fully saturated rings. The largest absolute Gasteiger partial charge is 0.382 e. The number of hydrogen-bond donors (Lipinski definition) is 2. The van der Waals surface area contributed by atoms with Gasteiger partial charge in [-0.15, -0.1) is 0 Å². The average molecular weight is 191 g/mol. The Hall–Kier alpha value is -0.160. The molecule has 1 unspecified atom stereocenters. The zero-order chi connectivity index (χ0) is 9.94. The molecule has 4 nitrogen and oxygen atoms in total. The highest BCUT2D eigenvalue weighted by Gasteiger charge is 2.01. The minimum atomic E-state index is -0.552. The van der Waals surface area contributed by atoms with Gasteiger partial charge in [0.05, 0.1) is 19.8 Å². The van der Waals surface area contributed by atoms with E-state index in [9.17, 15) is 5.11 Å². The number of hydrogen-bond acceptors (Lipinski definition) is 4. The highest BCUT2D eigenvalue weighted by atomic mass is 16.5. The normalized spacial score (nSPS) is 13.2. The zero-order valence-corrected chi connectivity index (χ0v) is 8.58. The van der Waals surface area contributed by atoms with E-state index in [1.165, 1.54) is 0 Å². The van der Waals surface area contributed by atoms with Crippen LogP contribution in [0.15, 0.2) is 0 Å². The van der Waals surface area contributed by atoms with Gasteiger partial charge in [0.15, 0.2) is 0 Å². The molecule has 0 aromatic carbocycles. The molecule has 0 aliphatic rings. The van der Waals surface area contributed by atoms with Gasteiger partial charge in [-0.25, -0.2) is 0 Å². The average Bonchev–Trinajstić information content (AvgIpc) is 2.13. The first-order valence-electron chi connectivity index (χ1n) is 4.79. The van der Waals surface area contributed by atoms with Crippen molar-refractivity contribution >= 4 is 0 Å². The molecule has 2 N–H and O–H groups in total. The number of rotatable bonds is 9. The van der Waals surface area contributed by atoms with Crippen molar-refractivity contribution < 1.29 is 14.6 Å². The maximum Gasteiger partial charge on any atom is 0.128 e. The van der Waals surface area contributed by atoms with Crippen LogP contribution in [0.5, 0.6) is 0 Å². The predicted molar refractivity (Wildman–Crippen MR) is 51.6 cm³/mol. The first-order chi connectivity index (χ1) is 6.31. The number of aliphatic hydroxyl groups is 1. The fourth-order valence-corrected chi connectivity index (χ4v) is 0.842. The summed E-state index contributed by atoms with van der Waals surface area (Å²) >= 11 is 0. The summed E-state index contributed by atoms with van der Waals surface area (Å²) in [6.45, 7) is 4.38. The Bertz CT molecular complexity index is 101. The van der Waals surface area contributed by atoms with Gasteiger partial charge in [-0.1, -0.05) is 13.3 Å². The summed E-state index contributed by atoms with van der Waals surface area (Å²) in [4.78, 5) is 0. The lowest BCUT2D eigenvalue weighted by Gasteiger charge is -2.12. The summed E-state index contributed by atoms with van der Waals surface area (Å²) < 4.78 is 9.92. The van der Waals surface area contributed by atoms with Gasteiger partial charge in [-0.3, -0.25) is 5.32 Å². The summed E-state index contributed by atoms with van der Waals surface area (Å²) in [5, 5.41) is 12.2. The van der Waals surface area contributed by atoms with E-state index < -0.39 is 6.23 Å². The highest BCUT2D eigenvalue weighted by molar-refractivity contribution is 4.51. The topological polar surface area (TPSA) is 50.7 Å². The molecule has 0 saturated carbocycles. The Kier molecular flexibility index (Phi) is 9.80. The van der Waals surface area contributed by atoms with E-state index in [4.69, 9.17) is 9.47 Å². The van der Waals surface area contributed by atoms with Crippen molar-refractivity contribution in [2.45, 2.75) is 26.0 Å². The predicted octanol–water partition coefficient (Wildman–Crippen LogP) is 0.357. The van der Waals surface area contributed by atoms with Gasteiger partial charge in [0.2, 0.25) is 0 Å². The Labute approximate surface area is 80.2 Å². The summed E-state index contributed by atoms with van der Waals surface area (Å²) in [7, 11) is 1.62. The highest BCUT2D eigenvalue weighted by Crippen LogP contribution is 1.86. The van der Waals surface area contributed by atoms with Crippen LogP contribution in [-0.2, 0) is 9.47 Å². The molecule has 0 amide bonds. The zero-order valence-electron chi connectivity index (χ0n) is 8.58. The van der Waals surface area contributed by atoms with Gasteiger partial charge in [-0.05, 0) is 13.0 Å². The Morgan fingerprint density at radius 1 is 1.38 bits per heavy atom. The lowest BCUT2D eigenvalue weighted by atomic mass is 10.3. The summed E-state index contributed by atoms with van der Waals surface area (Å²) in [6, 6.07) is 0. The SMILES string of the molecule is CCCCNC(O)COCCOC. The van der Waals surface area contributed by atoms with E-state index in [1.54, 1.807) is 7.11 Å². The molecular formula is C9H21NO3. The number of aliphatic hydroxyl groups excluding tert-OH is 1. The Morgan fingerprint density at radius 3 is 2.77 bits per heavy atom. The minimum absolute atomic E-state index is 0.326. The van der Waals surface area contributed by atoms with Gasteiger partial charge < -0.3 is 14.6 Å². The van der Waals surface area contributed by atoms with Crippen molar-refractivity contribution in [3.05, 3.63) is 0 Å². The second kappa shape index (κ2) is 9.92. The first-order valence-corrected chi connectivity index (χ1v) is 4.79. The number of nitrogens with one attached hydrogen (secondary N) is 1. The van der Waals surface area contributed by atoms with Crippen LogP contribution in [0.25, 0.3) is 0 Å². The van der Waals surface area contributed by atoms with E-state index in [0.29, 0.717) is 19.8 Å². The molecule has 4 heteroatoms. The monoisotopic (exact) mass is 191 g/mol. The van der Waals surface area contributed by atoms with Gasteiger partial charge in [-0.2, -0.15) is 0 Å². The number of ether oxygens (including phenoxy) is 2. The van der Waals surface area contributed by atoms with Crippen LogP contribution in [0.2, 0.25) is 0 Å². The molecular weight excluding hydrogens is 170 g/mol. The first kappa shape index (κ1) is 12.8. The van der Waals surface area contributed by atoms with Gasteiger partial charge >= 0.3 is 0 Å². The minimum Gasteiger partial charge on any atom is -0.382 e. The van der Waals surface area contributed by atoms with Crippen LogP contribution in [0.4, 0.5) is 0 Å². The third kappa shape index (κ3) is 9.76. The van der Waals surface area contributed by atoms with E-state index in [1.807, 2.05) is 0 Å². The second-order valence-electron chi connectivity index (χ2n) is 2.89. The third-order valence-corrected chi connectivity index (χ3v) is 1.62. The molecule has 0 radical (unpaired) electrons. The summed E-state index contributed by atoms with van der Waals surface area (Å²) in [5.41, 5.74) is 0. The summed E-state index contributed by atoms with van der Waals surface area (Å²) in [5.74, 6) is 0. The molecule has 1 atom stereocenters. The van der Waals surface area contributed by atoms with Crippen molar-refractivity contribution in [1.82, 2.24) is 5.32 Å². The molecule has 0 aromatic heterocycles. The molecule has 80 valence electrons. The standard InChI is InChI=1S/C9H21NO3/c1-3-4-5-10-9(11)8-13-7-6-12-2/h9-11H,3-8H2,1-2H3. The van der Waals surface area contributed by atoms with Crippen molar-refractivity contribution in [2.75, 3.05) is 33.5 Å². The summed E-state index contributed by atoms with van der Waals surface area (Å²) in [6.07, 6.45) is 1.66. The van der Waals surface area contributed by atoms with E-state index >= 15 is 0 Å². The van der Waals surface area contributed by atoms with Crippen molar-refractivity contribution in [2.24, 2.45) is 0 Å². The maximum absolute atomic E-state index is 9.30. The fourth-order valence-electron chi connectivity index (χ4n) is 0.842. The molecule has 0 heterocycles. The lowest BCUT2D eigenvalue weighted by Crippen LogP contribution is -2.34. The van der Waals surface area contributed by atoms with Crippen LogP contribution in [-0.4, -0.2) is 44.8 Å². The van der Waals surface area contributed by atoms with Crippen LogP contribution in [0, 0.1) is 0 Å². The van der Waals surface area contributed by atoms with Gasteiger partial charge in [0.25, 0.3) is 0 Å². The maximum atomic E-state index is 9.30. The third-order valence-electron chi connectivity index (χ3n) is 1.62.